The maximum Gasteiger partial charge on any atom is 0.333 e. The van der Waals surface area contributed by atoms with E-state index in [1.54, 1.807) is 18.7 Å². The van der Waals surface area contributed by atoms with Crippen LogP contribution in [0.3, 0.4) is 0 Å². The topological polar surface area (TPSA) is 82.0 Å². The zero-order valence-corrected chi connectivity index (χ0v) is 17.1. The van der Waals surface area contributed by atoms with Crippen molar-refractivity contribution in [1.82, 2.24) is 19.6 Å². The number of nitro groups is 1. The number of rotatable bonds is 6. The van der Waals surface area contributed by atoms with E-state index in [1.165, 1.54) is 0 Å². The van der Waals surface area contributed by atoms with Gasteiger partial charge in [-0.05, 0) is 19.1 Å². The predicted octanol–water partition coefficient (Wildman–Crippen LogP) is 4.13. The molecule has 4 aromatic rings. The van der Waals surface area contributed by atoms with Gasteiger partial charge in [-0.2, -0.15) is 10.2 Å². The van der Waals surface area contributed by atoms with E-state index in [4.69, 9.17) is 5.10 Å². The minimum absolute atomic E-state index is 0.0247. The minimum Gasteiger partial charge on any atom is -0.350 e. The molecule has 0 aliphatic rings. The van der Waals surface area contributed by atoms with Crippen LogP contribution in [-0.2, 0) is 13.6 Å². The predicted molar refractivity (Wildman–Crippen MR) is 116 cm³/mol. The number of aromatic nitrogens is 4. The first-order chi connectivity index (χ1) is 14.5. The molecule has 0 unspecified atom stereocenters. The van der Waals surface area contributed by atoms with Gasteiger partial charge in [-0.25, -0.2) is 9.36 Å². The Morgan fingerprint density at radius 3 is 2.30 bits per heavy atom. The van der Waals surface area contributed by atoms with Crippen molar-refractivity contribution < 1.29 is 4.92 Å². The minimum atomic E-state index is -0.375. The SMILES string of the molecule is Cc1nn(C)c(N(C)Cc2cn(-c3ccccc3)nc2-c2ccccc2)c1[N+](=O)[O-]. The van der Waals surface area contributed by atoms with E-state index in [-0.39, 0.29) is 10.6 Å². The fourth-order valence-electron chi connectivity index (χ4n) is 3.68. The standard InChI is InChI=1S/C22H22N6O2/c1-16-21(28(29)30)22(26(3)23-16)25(2)14-18-15-27(19-12-8-5-9-13-19)24-20(18)17-10-6-4-7-11-17/h4-13,15H,14H2,1-3H3. The van der Waals surface area contributed by atoms with Crippen LogP contribution >= 0.6 is 0 Å². The van der Waals surface area contributed by atoms with Crippen LogP contribution < -0.4 is 4.90 Å². The van der Waals surface area contributed by atoms with Crippen molar-refractivity contribution in [2.75, 3.05) is 11.9 Å². The molecule has 2 aromatic heterocycles. The molecule has 2 heterocycles. The second kappa shape index (κ2) is 7.82. The van der Waals surface area contributed by atoms with E-state index >= 15 is 0 Å². The Kier molecular flexibility index (Phi) is 5.05. The third kappa shape index (κ3) is 3.55. The lowest BCUT2D eigenvalue weighted by atomic mass is 10.1. The Balaban J connectivity index is 1.77. The molecule has 0 aliphatic heterocycles. The largest absolute Gasteiger partial charge is 0.350 e. The summed E-state index contributed by atoms with van der Waals surface area (Å²) in [6.07, 6.45) is 1.98. The van der Waals surface area contributed by atoms with Crippen molar-refractivity contribution in [3.63, 3.8) is 0 Å². The van der Waals surface area contributed by atoms with Gasteiger partial charge in [0.1, 0.15) is 5.69 Å². The molecule has 8 nitrogen and oxygen atoms in total. The smallest absolute Gasteiger partial charge is 0.333 e. The lowest BCUT2D eigenvalue weighted by Gasteiger charge is -2.18. The molecule has 30 heavy (non-hydrogen) atoms. The van der Waals surface area contributed by atoms with Crippen molar-refractivity contribution in [2.24, 2.45) is 7.05 Å². The monoisotopic (exact) mass is 402 g/mol. The molecule has 0 atom stereocenters. The molecule has 0 fully saturated rings. The molecule has 2 aromatic carbocycles. The molecule has 0 spiro atoms. The quantitative estimate of drug-likeness (QED) is 0.358. The number of para-hydroxylation sites is 1. The molecule has 4 rings (SSSR count). The summed E-state index contributed by atoms with van der Waals surface area (Å²) in [4.78, 5) is 13.1. The van der Waals surface area contributed by atoms with E-state index < -0.39 is 0 Å². The molecule has 0 N–H and O–H groups in total. The Morgan fingerprint density at radius 2 is 1.67 bits per heavy atom. The molecular formula is C22H22N6O2. The van der Waals surface area contributed by atoms with E-state index in [1.807, 2.05) is 83.5 Å². The highest BCUT2D eigenvalue weighted by Gasteiger charge is 2.27. The summed E-state index contributed by atoms with van der Waals surface area (Å²) in [5, 5.41) is 20.7. The van der Waals surface area contributed by atoms with Gasteiger partial charge in [0.25, 0.3) is 0 Å². The summed E-state index contributed by atoms with van der Waals surface area (Å²) >= 11 is 0. The highest BCUT2D eigenvalue weighted by Crippen LogP contribution is 2.32. The molecule has 152 valence electrons. The van der Waals surface area contributed by atoms with Crippen LogP contribution in [0.2, 0.25) is 0 Å². The number of hydrogen-bond donors (Lipinski definition) is 0. The molecule has 0 radical (unpaired) electrons. The van der Waals surface area contributed by atoms with Gasteiger partial charge in [-0.1, -0.05) is 48.5 Å². The van der Waals surface area contributed by atoms with E-state index in [0.717, 1.165) is 22.5 Å². The zero-order chi connectivity index (χ0) is 21.3. The van der Waals surface area contributed by atoms with Crippen molar-refractivity contribution in [3.8, 4) is 16.9 Å². The fraction of sp³-hybridized carbons (Fsp3) is 0.182. The maximum absolute atomic E-state index is 11.6. The van der Waals surface area contributed by atoms with Crippen LogP contribution in [0.1, 0.15) is 11.3 Å². The average Bonchev–Trinajstić information content (AvgIpc) is 3.29. The van der Waals surface area contributed by atoms with Gasteiger partial charge in [-0.3, -0.25) is 10.1 Å². The molecule has 8 heteroatoms. The van der Waals surface area contributed by atoms with E-state index in [2.05, 4.69) is 5.10 Å². The summed E-state index contributed by atoms with van der Waals surface area (Å²) in [7, 11) is 3.55. The van der Waals surface area contributed by atoms with Crippen LogP contribution in [0.25, 0.3) is 16.9 Å². The number of hydrogen-bond acceptors (Lipinski definition) is 5. The number of benzene rings is 2. The Bertz CT molecular complexity index is 1180. The van der Waals surface area contributed by atoms with E-state index in [9.17, 15) is 10.1 Å². The second-order valence-electron chi connectivity index (χ2n) is 7.14. The van der Waals surface area contributed by atoms with Gasteiger partial charge >= 0.3 is 5.69 Å². The molecule has 0 saturated heterocycles. The van der Waals surface area contributed by atoms with Crippen molar-refractivity contribution >= 4 is 11.5 Å². The summed E-state index contributed by atoms with van der Waals surface area (Å²) in [5.74, 6) is 0.462. The number of anilines is 1. The normalized spacial score (nSPS) is 10.9. The highest BCUT2D eigenvalue weighted by molar-refractivity contribution is 5.66. The fourth-order valence-corrected chi connectivity index (χ4v) is 3.68. The highest BCUT2D eigenvalue weighted by atomic mass is 16.6. The zero-order valence-electron chi connectivity index (χ0n) is 17.1. The van der Waals surface area contributed by atoms with Gasteiger partial charge in [0, 0.05) is 38.0 Å². The first-order valence-electron chi connectivity index (χ1n) is 9.54. The van der Waals surface area contributed by atoms with E-state index in [0.29, 0.717) is 18.1 Å². The Hall–Kier alpha value is -3.94. The lowest BCUT2D eigenvalue weighted by Crippen LogP contribution is -2.20. The Morgan fingerprint density at radius 1 is 1.03 bits per heavy atom. The van der Waals surface area contributed by atoms with Gasteiger partial charge < -0.3 is 4.90 Å². The first kappa shape index (κ1) is 19.4. The summed E-state index contributed by atoms with van der Waals surface area (Å²) in [5.41, 5.74) is 4.16. The summed E-state index contributed by atoms with van der Waals surface area (Å²) in [6, 6.07) is 19.8. The second-order valence-corrected chi connectivity index (χ2v) is 7.14. The third-order valence-electron chi connectivity index (χ3n) is 4.97. The summed E-state index contributed by atoms with van der Waals surface area (Å²) in [6.45, 7) is 2.09. The van der Waals surface area contributed by atoms with Gasteiger partial charge in [0.2, 0.25) is 5.82 Å². The van der Waals surface area contributed by atoms with Crippen molar-refractivity contribution in [2.45, 2.75) is 13.5 Å². The van der Waals surface area contributed by atoms with Crippen LogP contribution in [0.4, 0.5) is 11.5 Å². The van der Waals surface area contributed by atoms with Crippen molar-refractivity contribution in [1.29, 1.82) is 0 Å². The summed E-state index contributed by atoms with van der Waals surface area (Å²) < 4.78 is 3.39. The van der Waals surface area contributed by atoms with Crippen molar-refractivity contribution in [3.05, 3.63) is 88.2 Å². The van der Waals surface area contributed by atoms with Crippen LogP contribution in [0.5, 0.6) is 0 Å². The third-order valence-corrected chi connectivity index (χ3v) is 4.97. The van der Waals surface area contributed by atoms with Gasteiger partial charge in [0.05, 0.1) is 16.3 Å². The molecular weight excluding hydrogens is 380 g/mol. The average molecular weight is 402 g/mol. The molecule has 0 aliphatic carbocycles. The molecule has 0 saturated carbocycles. The molecule has 0 amide bonds. The maximum atomic E-state index is 11.6. The van der Waals surface area contributed by atoms with Crippen LogP contribution in [0.15, 0.2) is 66.9 Å². The Labute approximate surface area is 174 Å². The van der Waals surface area contributed by atoms with Gasteiger partial charge in [0.15, 0.2) is 0 Å². The first-order valence-corrected chi connectivity index (χ1v) is 9.54. The number of nitrogens with zero attached hydrogens (tertiary/aromatic N) is 6. The number of aryl methyl sites for hydroxylation is 2. The van der Waals surface area contributed by atoms with Crippen LogP contribution in [-0.4, -0.2) is 31.5 Å². The van der Waals surface area contributed by atoms with Crippen LogP contribution in [0, 0.1) is 17.0 Å². The van der Waals surface area contributed by atoms with Gasteiger partial charge in [-0.15, -0.1) is 0 Å². The molecule has 0 bridgehead atoms. The lowest BCUT2D eigenvalue weighted by molar-refractivity contribution is -0.384.